The number of piperidine rings is 1. The Morgan fingerprint density at radius 2 is 2.18 bits per heavy atom. The third-order valence-electron chi connectivity index (χ3n) is 4.80. The molecule has 1 saturated heterocycles. The van der Waals surface area contributed by atoms with E-state index in [2.05, 4.69) is 5.32 Å². The van der Waals surface area contributed by atoms with E-state index in [1.807, 2.05) is 0 Å². The molecule has 2 bridgehead atoms. The molecule has 3 atom stereocenters. The predicted octanol–water partition coefficient (Wildman–Crippen LogP) is 1.08. The first kappa shape index (κ1) is 12.8. The largest absolute Gasteiger partial charge is 0.469 e. The second kappa shape index (κ2) is 4.25. The summed E-state index contributed by atoms with van der Waals surface area (Å²) in [5.41, 5.74) is -1.85. The van der Waals surface area contributed by atoms with Crippen LogP contribution in [0.15, 0.2) is 0 Å². The van der Waals surface area contributed by atoms with Crippen molar-refractivity contribution in [3.8, 4) is 0 Å². The number of hydrogen-bond donors (Lipinski definition) is 2. The van der Waals surface area contributed by atoms with E-state index in [4.69, 9.17) is 4.74 Å². The van der Waals surface area contributed by atoms with Gasteiger partial charge in [-0.3, -0.25) is 4.79 Å². The number of carbonyl (C=O) groups is 1. The maximum atomic E-state index is 11.9. The van der Waals surface area contributed by atoms with E-state index in [9.17, 15) is 9.90 Å². The SMILES string of the molecule is COC(=O)C(C)(C)C1(O)CCC2CCNC1C2. The Morgan fingerprint density at radius 3 is 2.82 bits per heavy atom. The lowest BCUT2D eigenvalue weighted by Crippen LogP contribution is -2.66. The fourth-order valence-corrected chi connectivity index (χ4v) is 3.40. The third-order valence-corrected chi connectivity index (χ3v) is 4.80. The van der Waals surface area contributed by atoms with Crippen LogP contribution in [0.3, 0.4) is 0 Å². The maximum absolute atomic E-state index is 11.9. The van der Waals surface area contributed by atoms with E-state index in [-0.39, 0.29) is 12.0 Å². The highest BCUT2D eigenvalue weighted by Crippen LogP contribution is 2.46. The lowest BCUT2D eigenvalue weighted by atomic mass is 9.61. The Morgan fingerprint density at radius 1 is 1.47 bits per heavy atom. The zero-order valence-corrected chi connectivity index (χ0v) is 11.0. The molecular formula is C13H23NO3. The minimum absolute atomic E-state index is 0.0177. The van der Waals surface area contributed by atoms with E-state index in [1.165, 1.54) is 13.5 Å². The third kappa shape index (κ3) is 1.87. The Balaban J connectivity index is 2.25. The molecule has 0 amide bonds. The number of ether oxygens (including phenoxy) is 1. The van der Waals surface area contributed by atoms with E-state index >= 15 is 0 Å². The summed E-state index contributed by atoms with van der Waals surface area (Å²) in [6, 6.07) is 0.0177. The smallest absolute Gasteiger partial charge is 0.314 e. The van der Waals surface area contributed by atoms with Crippen molar-refractivity contribution in [3.63, 3.8) is 0 Å². The predicted molar refractivity (Wildman–Crippen MR) is 64.5 cm³/mol. The average molecular weight is 241 g/mol. The van der Waals surface area contributed by atoms with E-state index in [0.29, 0.717) is 12.3 Å². The Hall–Kier alpha value is -0.610. The lowest BCUT2D eigenvalue weighted by molar-refractivity contribution is -0.181. The van der Waals surface area contributed by atoms with Crippen molar-refractivity contribution < 1.29 is 14.6 Å². The van der Waals surface area contributed by atoms with Crippen molar-refractivity contribution in [1.82, 2.24) is 5.32 Å². The second-order valence-corrected chi connectivity index (χ2v) is 5.98. The Bertz CT molecular complexity index is 316. The summed E-state index contributed by atoms with van der Waals surface area (Å²) in [5.74, 6) is 0.376. The van der Waals surface area contributed by atoms with Gasteiger partial charge in [-0.2, -0.15) is 0 Å². The molecule has 1 saturated carbocycles. The van der Waals surface area contributed by atoms with Crippen LogP contribution in [0.25, 0.3) is 0 Å². The highest BCUT2D eigenvalue weighted by Gasteiger charge is 2.56. The molecule has 1 aliphatic carbocycles. The van der Waals surface area contributed by atoms with Crippen molar-refractivity contribution in [2.75, 3.05) is 13.7 Å². The molecule has 0 aromatic rings. The molecular weight excluding hydrogens is 218 g/mol. The van der Waals surface area contributed by atoms with Gasteiger partial charge in [-0.1, -0.05) is 0 Å². The van der Waals surface area contributed by atoms with Crippen LogP contribution in [0.1, 0.15) is 39.5 Å². The number of esters is 1. The van der Waals surface area contributed by atoms with E-state index < -0.39 is 11.0 Å². The number of nitrogens with one attached hydrogen (secondary N) is 1. The van der Waals surface area contributed by atoms with Crippen LogP contribution in [-0.4, -0.2) is 36.4 Å². The summed E-state index contributed by atoms with van der Waals surface area (Å²) in [4.78, 5) is 11.9. The first-order valence-electron chi connectivity index (χ1n) is 6.46. The van der Waals surface area contributed by atoms with Crippen LogP contribution in [0.5, 0.6) is 0 Å². The molecule has 17 heavy (non-hydrogen) atoms. The number of rotatable bonds is 2. The van der Waals surface area contributed by atoms with E-state index in [1.54, 1.807) is 13.8 Å². The number of fused-ring (bicyclic) bond motifs is 2. The highest BCUT2D eigenvalue weighted by molar-refractivity contribution is 5.77. The topological polar surface area (TPSA) is 58.6 Å². The quantitative estimate of drug-likeness (QED) is 0.710. The molecule has 3 unspecified atom stereocenters. The first-order valence-corrected chi connectivity index (χ1v) is 6.46. The zero-order chi connectivity index (χ0) is 12.7. The van der Waals surface area contributed by atoms with Crippen LogP contribution >= 0.6 is 0 Å². The molecule has 0 aromatic heterocycles. The summed E-state index contributed by atoms with van der Waals surface area (Å²) in [5, 5.41) is 14.3. The molecule has 0 spiro atoms. The monoisotopic (exact) mass is 241 g/mol. The summed E-state index contributed by atoms with van der Waals surface area (Å²) in [7, 11) is 1.38. The molecule has 1 aliphatic heterocycles. The van der Waals surface area contributed by atoms with Crippen molar-refractivity contribution >= 4 is 5.97 Å². The van der Waals surface area contributed by atoms with Gasteiger partial charge in [0.2, 0.25) is 0 Å². The van der Waals surface area contributed by atoms with Gasteiger partial charge in [0.1, 0.15) is 0 Å². The standard InChI is InChI=1S/C13H23NO3/c1-12(2,11(15)17-3)13(16)6-4-9-5-7-14-10(13)8-9/h9-10,14,16H,4-8H2,1-3H3. The van der Waals surface area contributed by atoms with Crippen molar-refractivity contribution in [1.29, 1.82) is 0 Å². The van der Waals surface area contributed by atoms with Crippen molar-refractivity contribution in [2.45, 2.75) is 51.2 Å². The average Bonchev–Trinajstić information content (AvgIpc) is 2.33. The van der Waals surface area contributed by atoms with Gasteiger partial charge in [0.15, 0.2) is 0 Å². The number of aliphatic hydroxyl groups is 1. The van der Waals surface area contributed by atoms with Gasteiger partial charge in [-0.05, 0) is 52.0 Å². The second-order valence-electron chi connectivity index (χ2n) is 5.98. The van der Waals surface area contributed by atoms with Gasteiger partial charge in [0.25, 0.3) is 0 Å². The Labute approximate surface area is 103 Å². The molecule has 2 rings (SSSR count). The van der Waals surface area contributed by atoms with Crippen molar-refractivity contribution in [3.05, 3.63) is 0 Å². The molecule has 0 aromatic carbocycles. The number of methoxy groups -OCH3 is 1. The summed E-state index contributed by atoms with van der Waals surface area (Å²) in [6.45, 7) is 4.51. The summed E-state index contributed by atoms with van der Waals surface area (Å²) >= 11 is 0. The van der Waals surface area contributed by atoms with Crippen molar-refractivity contribution in [2.24, 2.45) is 11.3 Å². The highest BCUT2D eigenvalue weighted by atomic mass is 16.5. The Kier molecular flexibility index (Phi) is 3.21. The fourth-order valence-electron chi connectivity index (χ4n) is 3.40. The minimum Gasteiger partial charge on any atom is -0.469 e. The lowest BCUT2D eigenvalue weighted by Gasteiger charge is -2.52. The molecule has 4 heteroatoms. The fraction of sp³-hybridized carbons (Fsp3) is 0.923. The zero-order valence-electron chi connectivity index (χ0n) is 11.0. The van der Waals surface area contributed by atoms with Gasteiger partial charge in [-0.15, -0.1) is 0 Å². The van der Waals surface area contributed by atoms with Gasteiger partial charge >= 0.3 is 5.97 Å². The molecule has 2 N–H and O–H groups in total. The molecule has 0 radical (unpaired) electrons. The van der Waals surface area contributed by atoms with Gasteiger partial charge in [-0.25, -0.2) is 0 Å². The van der Waals surface area contributed by atoms with Crippen LogP contribution in [0.4, 0.5) is 0 Å². The molecule has 2 fully saturated rings. The summed E-state index contributed by atoms with van der Waals surface area (Å²) in [6.07, 6.45) is 3.84. The molecule has 1 heterocycles. The molecule has 4 nitrogen and oxygen atoms in total. The first-order chi connectivity index (χ1) is 7.91. The van der Waals surface area contributed by atoms with Crippen LogP contribution in [-0.2, 0) is 9.53 Å². The number of carbonyl (C=O) groups excluding carboxylic acids is 1. The van der Waals surface area contributed by atoms with Crippen LogP contribution < -0.4 is 5.32 Å². The maximum Gasteiger partial charge on any atom is 0.314 e. The van der Waals surface area contributed by atoms with Crippen LogP contribution in [0, 0.1) is 11.3 Å². The van der Waals surface area contributed by atoms with Crippen LogP contribution in [0.2, 0.25) is 0 Å². The van der Waals surface area contributed by atoms with E-state index in [0.717, 1.165) is 19.4 Å². The number of hydrogen-bond acceptors (Lipinski definition) is 4. The molecule has 98 valence electrons. The molecule has 2 aliphatic rings. The van der Waals surface area contributed by atoms with Gasteiger partial charge in [0, 0.05) is 6.04 Å². The van der Waals surface area contributed by atoms with Gasteiger partial charge < -0.3 is 15.2 Å². The van der Waals surface area contributed by atoms with Gasteiger partial charge in [0.05, 0.1) is 18.1 Å². The summed E-state index contributed by atoms with van der Waals surface area (Å²) < 4.78 is 4.84. The normalized spacial score (nSPS) is 37.6. The minimum atomic E-state index is -0.989.